The van der Waals surface area contributed by atoms with Crippen LogP contribution in [0.4, 0.5) is 0 Å². The highest BCUT2D eigenvalue weighted by atomic mass is 16.5. The molecule has 92 valence electrons. The zero-order valence-corrected chi connectivity index (χ0v) is 10.7. The summed E-state index contributed by atoms with van der Waals surface area (Å²) in [5.41, 5.74) is 0. The number of hydrogen-bond acceptors (Lipinski definition) is 3. The third-order valence-electron chi connectivity index (χ3n) is 2.09. The molecule has 0 aliphatic heterocycles. The van der Waals surface area contributed by atoms with E-state index in [1.54, 1.807) is 0 Å². The Bertz CT molecular complexity index is 129. The first-order valence-corrected chi connectivity index (χ1v) is 6.10. The fourth-order valence-electron chi connectivity index (χ4n) is 1.22. The van der Waals surface area contributed by atoms with Crippen LogP contribution in [-0.4, -0.2) is 38.5 Å². The predicted octanol–water partition coefficient (Wildman–Crippen LogP) is 2.21. The minimum atomic E-state index is 0.301. The van der Waals surface area contributed by atoms with Gasteiger partial charge in [-0.3, -0.25) is 0 Å². The van der Waals surface area contributed by atoms with Crippen molar-refractivity contribution in [2.45, 2.75) is 52.7 Å². The molecule has 0 radical (unpaired) electrons. The van der Waals surface area contributed by atoms with Gasteiger partial charge in [-0.05, 0) is 46.7 Å². The Morgan fingerprint density at radius 3 is 2.27 bits per heavy atom. The summed E-state index contributed by atoms with van der Waals surface area (Å²) in [5.74, 6) is 0. The van der Waals surface area contributed by atoms with Gasteiger partial charge in [-0.2, -0.15) is 0 Å². The van der Waals surface area contributed by atoms with Crippen LogP contribution < -0.4 is 5.32 Å². The van der Waals surface area contributed by atoms with Crippen LogP contribution in [0.25, 0.3) is 0 Å². The molecule has 3 heteroatoms. The highest BCUT2D eigenvalue weighted by Gasteiger charge is 2.01. The fraction of sp³-hybridized carbons (Fsp3) is 1.00. The van der Waals surface area contributed by atoms with Crippen molar-refractivity contribution in [3.8, 4) is 0 Å². The topological polar surface area (TPSA) is 30.5 Å². The SMILES string of the molecule is CCCNCCC(C)OCCOC(C)C. The quantitative estimate of drug-likeness (QED) is 0.569. The normalized spacial score (nSPS) is 13.4. The van der Waals surface area contributed by atoms with E-state index in [2.05, 4.69) is 19.2 Å². The molecule has 1 atom stereocenters. The van der Waals surface area contributed by atoms with E-state index >= 15 is 0 Å². The van der Waals surface area contributed by atoms with Gasteiger partial charge in [-0.25, -0.2) is 0 Å². The average Bonchev–Trinajstić information content (AvgIpc) is 2.19. The molecule has 1 unspecified atom stereocenters. The Morgan fingerprint density at radius 1 is 1.00 bits per heavy atom. The Morgan fingerprint density at radius 2 is 1.67 bits per heavy atom. The van der Waals surface area contributed by atoms with Gasteiger partial charge in [-0.1, -0.05) is 6.92 Å². The van der Waals surface area contributed by atoms with E-state index in [-0.39, 0.29) is 0 Å². The van der Waals surface area contributed by atoms with Gasteiger partial charge >= 0.3 is 0 Å². The molecule has 0 heterocycles. The van der Waals surface area contributed by atoms with E-state index in [4.69, 9.17) is 9.47 Å². The standard InChI is InChI=1S/C12H27NO2/c1-5-7-13-8-6-12(4)15-10-9-14-11(2)3/h11-13H,5-10H2,1-4H3. The summed E-state index contributed by atoms with van der Waals surface area (Å²) in [6.07, 6.45) is 2.89. The van der Waals surface area contributed by atoms with Crippen LogP contribution in [0.15, 0.2) is 0 Å². The van der Waals surface area contributed by atoms with Crippen molar-refractivity contribution >= 4 is 0 Å². The molecule has 0 spiro atoms. The summed E-state index contributed by atoms with van der Waals surface area (Å²) in [4.78, 5) is 0. The summed E-state index contributed by atoms with van der Waals surface area (Å²) in [6, 6.07) is 0. The second kappa shape index (κ2) is 10.4. The van der Waals surface area contributed by atoms with Crippen molar-refractivity contribution in [1.29, 1.82) is 0 Å². The predicted molar refractivity (Wildman–Crippen MR) is 64.3 cm³/mol. The molecule has 15 heavy (non-hydrogen) atoms. The second-order valence-corrected chi connectivity index (χ2v) is 4.14. The smallest absolute Gasteiger partial charge is 0.0704 e. The summed E-state index contributed by atoms with van der Waals surface area (Å²) in [5, 5.41) is 3.36. The largest absolute Gasteiger partial charge is 0.376 e. The van der Waals surface area contributed by atoms with Gasteiger partial charge in [0.15, 0.2) is 0 Å². The lowest BCUT2D eigenvalue weighted by Gasteiger charge is -2.14. The van der Waals surface area contributed by atoms with Crippen LogP contribution in [0.3, 0.4) is 0 Å². The van der Waals surface area contributed by atoms with Crippen molar-refractivity contribution in [3.05, 3.63) is 0 Å². The maximum Gasteiger partial charge on any atom is 0.0704 e. The van der Waals surface area contributed by atoms with Gasteiger partial charge in [0.05, 0.1) is 25.4 Å². The van der Waals surface area contributed by atoms with Crippen LogP contribution in [0, 0.1) is 0 Å². The lowest BCUT2D eigenvalue weighted by molar-refractivity contribution is -0.00867. The highest BCUT2D eigenvalue weighted by molar-refractivity contribution is 4.54. The van der Waals surface area contributed by atoms with E-state index in [0.29, 0.717) is 25.4 Å². The zero-order valence-electron chi connectivity index (χ0n) is 10.7. The Labute approximate surface area is 94.5 Å². The Kier molecular flexibility index (Phi) is 10.3. The van der Waals surface area contributed by atoms with Crippen LogP contribution >= 0.6 is 0 Å². The molecular formula is C12H27NO2. The lowest BCUT2D eigenvalue weighted by atomic mass is 10.3. The first-order valence-electron chi connectivity index (χ1n) is 6.10. The van der Waals surface area contributed by atoms with Crippen molar-refractivity contribution in [1.82, 2.24) is 5.32 Å². The first kappa shape index (κ1) is 14.9. The van der Waals surface area contributed by atoms with Crippen LogP contribution in [0.2, 0.25) is 0 Å². The summed E-state index contributed by atoms with van der Waals surface area (Å²) in [7, 11) is 0. The van der Waals surface area contributed by atoms with Crippen LogP contribution in [-0.2, 0) is 9.47 Å². The average molecular weight is 217 g/mol. The minimum absolute atomic E-state index is 0.301. The number of hydrogen-bond donors (Lipinski definition) is 1. The zero-order chi connectivity index (χ0) is 11.5. The lowest BCUT2D eigenvalue weighted by Crippen LogP contribution is -2.22. The third-order valence-corrected chi connectivity index (χ3v) is 2.09. The van der Waals surface area contributed by atoms with Gasteiger partial charge in [0.1, 0.15) is 0 Å². The highest BCUT2D eigenvalue weighted by Crippen LogP contribution is 1.96. The van der Waals surface area contributed by atoms with Gasteiger partial charge in [0.2, 0.25) is 0 Å². The van der Waals surface area contributed by atoms with Crippen molar-refractivity contribution < 1.29 is 9.47 Å². The Hall–Kier alpha value is -0.120. The van der Waals surface area contributed by atoms with E-state index < -0.39 is 0 Å². The fourth-order valence-corrected chi connectivity index (χ4v) is 1.22. The summed E-state index contributed by atoms with van der Waals surface area (Å²) in [6.45, 7) is 11.9. The number of rotatable bonds is 10. The Balaban J connectivity index is 3.15. The molecule has 0 fully saturated rings. The minimum Gasteiger partial charge on any atom is -0.376 e. The van der Waals surface area contributed by atoms with E-state index in [0.717, 1.165) is 19.5 Å². The molecule has 0 saturated carbocycles. The van der Waals surface area contributed by atoms with Gasteiger partial charge in [0.25, 0.3) is 0 Å². The molecule has 0 aliphatic rings. The molecule has 0 amide bonds. The van der Waals surface area contributed by atoms with Crippen molar-refractivity contribution in [2.24, 2.45) is 0 Å². The molecule has 0 aliphatic carbocycles. The second-order valence-electron chi connectivity index (χ2n) is 4.14. The molecule has 0 bridgehead atoms. The van der Waals surface area contributed by atoms with Gasteiger partial charge in [0, 0.05) is 0 Å². The molecule has 0 saturated heterocycles. The van der Waals surface area contributed by atoms with Crippen molar-refractivity contribution in [3.63, 3.8) is 0 Å². The molecule has 0 aromatic rings. The molecule has 3 nitrogen and oxygen atoms in total. The van der Waals surface area contributed by atoms with Crippen LogP contribution in [0.5, 0.6) is 0 Å². The molecule has 1 N–H and O–H groups in total. The summed E-state index contributed by atoms with van der Waals surface area (Å²) < 4.78 is 11.0. The number of nitrogens with one attached hydrogen (secondary N) is 1. The molecule has 0 aromatic heterocycles. The maximum absolute atomic E-state index is 5.61. The third kappa shape index (κ3) is 11.8. The van der Waals surface area contributed by atoms with Crippen LogP contribution in [0.1, 0.15) is 40.5 Å². The van der Waals surface area contributed by atoms with E-state index in [1.807, 2.05) is 13.8 Å². The molecule has 0 aromatic carbocycles. The monoisotopic (exact) mass is 217 g/mol. The summed E-state index contributed by atoms with van der Waals surface area (Å²) >= 11 is 0. The van der Waals surface area contributed by atoms with Gasteiger partial charge < -0.3 is 14.8 Å². The maximum atomic E-state index is 5.61. The van der Waals surface area contributed by atoms with Gasteiger partial charge in [-0.15, -0.1) is 0 Å². The van der Waals surface area contributed by atoms with E-state index in [1.165, 1.54) is 6.42 Å². The molecular weight excluding hydrogens is 190 g/mol. The van der Waals surface area contributed by atoms with Crippen molar-refractivity contribution in [2.75, 3.05) is 26.3 Å². The first-order chi connectivity index (χ1) is 7.16. The molecule has 0 rings (SSSR count). The van der Waals surface area contributed by atoms with E-state index in [9.17, 15) is 0 Å². The number of ether oxygens (including phenoxy) is 2.